The first-order valence-corrected chi connectivity index (χ1v) is 7.62. The summed E-state index contributed by atoms with van der Waals surface area (Å²) < 4.78 is 0.538. The maximum absolute atomic E-state index is 12.5. The molecular weight excluding hydrogens is 356 g/mol. The van der Waals surface area contributed by atoms with Crippen molar-refractivity contribution < 1.29 is 19.6 Å². The summed E-state index contributed by atoms with van der Waals surface area (Å²) in [6.45, 7) is 0.841. The highest BCUT2D eigenvalue weighted by Crippen LogP contribution is 2.27. The molecule has 118 valence electrons. The minimum Gasteiger partial charge on any atom is -0.481 e. The highest BCUT2D eigenvalue weighted by Gasteiger charge is 2.29. The molecule has 0 spiro atoms. The Kier molecular flexibility index (Phi) is 5.12. The third kappa shape index (κ3) is 3.82. The zero-order chi connectivity index (χ0) is 16.3. The average Bonchev–Trinajstić information content (AvgIpc) is 2.46. The maximum atomic E-state index is 12.5. The van der Waals surface area contributed by atoms with Gasteiger partial charge in [-0.3, -0.25) is 19.7 Å². The van der Waals surface area contributed by atoms with Gasteiger partial charge in [0.1, 0.15) is 5.56 Å². The molecule has 0 saturated carbocycles. The Bertz CT molecular complexity index is 611. The quantitative estimate of drug-likeness (QED) is 0.648. The van der Waals surface area contributed by atoms with Crippen LogP contribution in [0.15, 0.2) is 22.7 Å². The molecule has 7 nitrogen and oxygen atoms in total. The normalized spacial score (nSPS) is 15.6. The van der Waals surface area contributed by atoms with Crippen molar-refractivity contribution in [2.45, 2.75) is 19.3 Å². The van der Waals surface area contributed by atoms with E-state index in [1.807, 2.05) is 0 Å². The monoisotopic (exact) mass is 370 g/mol. The Morgan fingerprint density at radius 2 is 2.00 bits per heavy atom. The van der Waals surface area contributed by atoms with Gasteiger partial charge in [0.05, 0.1) is 4.92 Å². The molecule has 1 aromatic carbocycles. The second kappa shape index (κ2) is 6.87. The van der Waals surface area contributed by atoms with Gasteiger partial charge in [0.2, 0.25) is 0 Å². The predicted molar refractivity (Wildman–Crippen MR) is 81.7 cm³/mol. The number of nitro groups is 1. The van der Waals surface area contributed by atoms with Crippen LogP contribution in [0, 0.1) is 16.0 Å². The highest BCUT2D eigenvalue weighted by atomic mass is 79.9. The first-order valence-electron chi connectivity index (χ1n) is 6.83. The highest BCUT2D eigenvalue weighted by molar-refractivity contribution is 9.10. The van der Waals surface area contributed by atoms with E-state index in [1.165, 1.54) is 12.1 Å². The van der Waals surface area contributed by atoms with Gasteiger partial charge in [-0.25, -0.2) is 0 Å². The number of amides is 1. The molecule has 1 amide bonds. The van der Waals surface area contributed by atoms with Gasteiger partial charge in [-0.1, -0.05) is 15.9 Å². The minimum atomic E-state index is -0.840. The lowest BCUT2D eigenvalue weighted by Gasteiger charge is -2.31. The third-order valence-electron chi connectivity index (χ3n) is 3.75. The van der Waals surface area contributed by atoms with Gasteiger partial charge < -0.3 is 10.0 Å². The fourth-order valence-corrected chi connectivity index (χ4v) is 2.94. The lowest BCUT2D eigenvalue weighted by Crippen LogP contribution is -2.39. The van der Waals surface area contributed by atoms with Gasteiger partial charge in [0.25, 0.3) is 11.6 Å². The molecule has 22 heavy (non-hydrogen) atoms. The maximum Gasteiger partial charge on any atom is 0.303 e. The zero-order valence-electron chi connectivity index (χ0n) is 11.7. The summed E-state index contributed by atoms with van der Waals surface area (Å²) >= 11 is 3.16. The lowest BCUT2D eigenvalue weighted by atomic mass is 9.93. The number of carboxylic acid groups (broad SMARTS) is 1. The van der Waals surface area contributed by atoms with Crippen LogP contribution in [0.2, 0.25) is 0 Å². The Labute approximate surface area is 135 Å². The second-order valence-corrected chi connectivity index (χ2v) is 6.17. The van der Waals surface area contributed by atoms with E-state index in [-0.39, 0.29) is 29.5 Å². The second-order valence-electron chi connectivity index (χ2n) is 5.25. The van der Waals surface area contributed by atoms with E-state index < -0.39 is 10.9 Å². The molecular formula is C14H15BrN2O5. The number of nitrogens with zero attached hydrogens (tertiary/aromatic N) is 2. The molecule has 0 bridgehead atoms. The number of hydrogen-bond acceptors (Lipinski definition) is 4. The summed E-state index contributed by atoms with van der Waals surface area (Å²) in [5.74, 6) is -1.16. The minimum absolute atomic E-state index is 0.0569. The van der Waals surface area contributed by atoms with E-state index in [0.29, 0.717) is 30.4 Å². The molecule has 1 aliphatic rings. The number of carbonyl (C=O) groups excluding carboxylic acids is 1. The van der Waals surface area contributed by atoms with Crippen molar-refractivity contribution in [1.29, 1.82) is 0 Å². The van der Waals surface area contributed by atoms with Crippen LogP contribution in [0.4, 0.5) is 5.69 Å². The summed E-state index contributed by atoms with van der Waals surface area (Å²) in [6.07, 6.45) is 1.30. The zero-order valence-corrected chi connectivity index (χ0v) is 13.3. The first-order chi connectivity index (χ1) is 10.4. The van der Waals surface area contributed by atoms with Gasteiger partial charge in [0, 0.05) is 30.0 Å². The van der Waals surface area contributed by atoms with Crippen LogP contribution in [0.25, 0.3) is 0 Å². The number of likely N-dealkylation sites (tertiary alicyclic amines) is 1. The van der Waals surface area contributed by atoms with E-state index in [0.717, 1.165) is 0 Å². The third-order valence-corrected chi connectivity index (χ3v) is 4.25. The summed E-state index contributed by atoms with van der Waals surface area (Å²) in [6, 6.07) is 4.34. The van der Waals surface area contributed by atoms with E-state index in [2.05, 4.69) is 15.9 Å². The lowest BCUT2D eigenvalue weighted by molar-refractivity contribution is -0.385. The van der Waals surface area contributed by atoms with E-state index in [4.69, 9.17) is 5.11 Å². The van der Waals surface area contributed by atoms with Crippen molar-refractivity contribution in [2.75, 3.05) is 13.1 Å². The number of benzene rings is 1. The van der Waals surface area contributed by atoms with Crippen LogP contribution < -0.4 is 0 Å². The number of halogens is 1. The fourth-order valence-electron chi connectivity index (χ4n) is 2.59. The summed E-state index contributed by atoms with van der Waals surface area (Å²) in [7, 11) is 0. The number of carboxylic acids is 1. The molecule has 0 aliphatic carbocycles. The molecule has 1 heterocycles. The summed E-state index contributed by atoms with van der Waals surface area (Å²) in [5, 5.41) is 19.9. The smallest absolute Gasteiger partial charge is 0.303 e. The Hall–Kier alpha value is -1.96. The topological polar surface area (TPSA) is 101 Å². The SMILES string of the molecule is O=C(O)CC1CCN(C(=O)c2ccc(Br)cc2[N+](=O)[O-])CC1. The number of aliphatic carboxylic acids is 1. The molecule has 1 aliphatic heterocycles. The molecule has 2 rings (SSSR count). The first kappa shape index (κ1) is 16.4. The molecule has 0 unspecified atom stereocenters. The number of piperidine rings is 1. The largest absolute Gasteiger partial charge is 0.481 e. The standard InChI is InChI=1S/C14H15BrN2O5/c15-10-1-2-11(12(8-10)17(21)22)14(20)16-5-3-9(4-6-16)7-13(18)19/h1-2,8-9H,3-7H2,(H,18,19). The number of nitro benzene ring substituents is 1. The van der Waals surface area contributed by atoms with Crippen LogP contribution in [-0.4, -0.2) is 39.9 Å². The Morgan fingerprint density at radius 1 is 1.36 bits per heavy atom. The molecule has 1 aromatic rings. The van der Waals surface area contributed by atoms with E-state index >= 15 is 0 Å². The number of hydrogen-bond donors (Lipinski definition) is 1. The van der Waals surface area contributed by atoms with Gasteiger partial charge in [-0.05, 0) is 30.9 Å². The molecule has 1 N–H and O–H groups in total. The number of carbonyl (C=O) groups is 2. The molecule has 1 fully saturated rings. The summed E-state index contributed by atoms with van der Waals surface area (Å²) in [5.41, 5.74) is -0.170. The van der Waals surface area contributed by atoms with Crippen molar-refractivity contribution in [3.05, 3.63) is 38.3 Å². The average molecular weight is 371 g/mol. The molecule has 1 saturated heterocycles. The van der Waals surface area contributed by atoms with Crippen LogP contribution in [0.1, 0.15) is 29.6 Å². The van der Waals surface area contributed by atoms with Crippen LogP contribution >= 0.6 is 15.9 Å². The molecule has 8 heteroatoms. The van der Waals surface area contributed by atoms with Crippen LogP contribution in [-0.2, 0) is 4.79 Å². The fraction of sp³-hybridized carbons (Fsp3) is 0.429. The van der Waals surface area contributed by atoms with Crippen LogP contribution in [0.5, 0.6) is 0 Å². The number of rotatable bonds is 4. The molecule has 0 radical (unpaired) electrons. The van der Waals surface area contributed by atoms with Crippen molar-refractivity contribution in [2.24, 2.45) is 5.92 Å². The van der Waals surface area contributed by atoms with E-state index in [1.54, 1.807) is 11.0 Å². The van der Waals surface area contributed by atoms with Gasteiger partial charge in [-0.2, -0.15) is 0 Å². The van der Waals surface area contributed by atoms with Gasteiger partial charge in [0.15, 0.2) is 0 Å². The van der Waals surface area contributed by atoms with Crippen molar-refractivity contribution in [1.82, 2.24) is 4.90 Å². The van der Waals surface area contributed by atoms with Crippen molar-refractivity contribution in [3.63, 3.8) is 0 Å². The van der Waals surface area contributed by atoms with Crippen molar-refractivity contribution in [3.8, 4) is 0 Å². The van der Waals surface area contributed by atoms with Gasteiger partial charge in [-0.15, -0.1) is 0 Å². The molecule has 0 aromatic heterocycles. The van der Waals surface area contributed by atoms with Crippen molar-refractivity contribution >= 4 is 33.5 Å². The Morgan fingerprint density at radius 3 is 2.55 bits per heavy atom. The molecule has 0 atom stereocenters. The predicted octanol–water partition coefficient (Wildman–Crippen LogP) is 2.68. The summed E-state index contributed by atoms with van der Waals surface area (Å²) in [4.78, 5) is 35.2. The van der Waals surface area contributed by atoms with E-state index in [9.17, 15) is 19.7 Å². The Balaban J connectivity index is 2.10. The van der Waals surface area contributed by atoms with Crippen LogP contribution in [0.3, 0.4) is 0 Å². The van der Waals surface area contributed by atoms with Gasteiger partial charge >= 0.3 is 5.97 Å².